The van der Waals surface area contributed by atoms with Crippen LogP contribution in [0.25, 0.3) is 11.0 Å². The first kappa shape index (κ1) is 28.3. The number of aliphatic imine (C=N–C) groups is 1. The molecule has 1 aromatic heterocycles. The van der Waals surface area contributed by atoms with E-state index in [0.717, 1.165) is 29.4 Å². The molecule has 39 heavy (non-hydrogen) atoms. The Balaban J connectivity index is 1.51. The molecule has 0 radical (unpaired) electrons. The van der Waals surface area contributed by atoms with Gasteiger partial charge in [0.1, 0.15) is 17.0 Å². The van der Waals surface area contributed by atoms with Gasteiger partial charge in [-0.05, 0) is 55.7 Å². The number of allylic oxidation sites excluding steroid dienone is 1. The molecule has 3 aromatic rings. The Hall–Kier alpha value is -3.67. The highest BCUT2D eigenvalue weighted by Crippen LogP contribution is 2.29. The minimum atomic E-state index is -0.0795. The summed E-state index contributed by atoms with van der Waals surface area (Å²) in [7, 11) is 0. The molecule has 0 saturated carbocycles. The molecule has 0 bridgehead atoms. The molecule has 1 saturated heterocycles. The molecule has 2 aromatic carbocycles. The average molecular weight is 528 g/mol. The van der Waals surface area contributed by atoms with E-state index in [1.54, 1.807) is 0 Å². The number of nitrogens with zero attached hydrogens (tertiary/aromatic N) is 3. The van der Waals surface area contributed by atoms with Crippen LogP contribution in [-0.4, -0.2) is 53.5 Å². The maximum Gasteiger partial charge on any atom is 0.272 e. The zero-order chi connectivity index (χ0) is 28.1. The Labute approximate surface area is 232 Å². The molecule has 206 valence electrons. The summed E-state index contributed by atoms with van der Waals surface area (Å²) in [5, 5.41) is 0.837. The number of piperazine rings is 1. The number of fused-ring (bicyclic) bond motifs is 1. The van der Waals surface area contributed by atoms with Crippen molar-refractivity contribution in [2.75, 3.05) is 19.6 Å². The van der Waals surface area contributed by atoms with E-state index in [-0.39, 0.29) is 29.7 Å². The highest BCUT2D eigenvalue weighted by atomic mass is 16.3. The molecule has 1 fully saturated rings. The number of rotatable bonds is 8. The van der Waals surface area contributed by atoms with E-state index in [2.05, 4.69) is 52.0 Å². The second-order valence-corrected chi connectivity index (χ2v) is 10.7. The lowest BCUT2D eigenvalue weighted by molar-refractivity contribution is -0.131. The first-order chi connectivity index (χ1) is 18.8. The summed E-state index contributed by atoms with van der Waals surface area (Å²) in [6.45, 7) is 13.7. The van der Waals surface area contributed by atoms with Crippen LogP contribution in [0.5, 0.6) is 0 Å². The molecule has 3 atom stereocenters. The van der Waals surface area contributed by atoms with Crippen molar-refractivity contribution in [2.45, 2.75) is 66.3 Å². The molecule has 0 aliphatic carbocycles. The van der Waals surface area contributed by atoms with E-state index in [1.807, 2.05) is 60.2 Å². The van der Waals surface area contributed by atoms with Crippen LogP contribution in [-0.2, 0) is 4.79 Å². The number of hydrogen-bond acceptors (Lipinski definition) is 4. The number of para-hydroxylation sites is 1. The Morgan fingerprint density at radius 1 is 1.05 bits per heavy atom. The van der Waals surface area contributed by atoms with Gasteiger partial charge in [-0.15, -0.1) is 0 Å². The zero-order valence-electron chi connectivity index (χ0n) is 24.1. The van der Waals surface area contributed by atoms with Crippen LogP contribution in [0.1, 0.15) is 75.1 Å². The Bertz CT molecular complexity index is 1370. The first-order valence-electron chi connectivity index (χ1n) is 14.1. The summed E-state index contributed by atoms with van der Waals surface area (Å²) in [5.41, 5.74) is 4.10. The minimum Gasteiger partial charge on any atom is -0.461 e. The monoisotopic (exact) mass is 527 g/mol. The predicted molar refractivity (Wildman–Crippen MR) is 158 cm³/mol. The Kier molecular flexibility index (Phi) is 9.05. The molecule has 3 unspecified atom stereocenters. The number of amides is 2. The molecule has 2 amide bonds. The molecule has 2 heterocycles. The first-order valence-corrected chi connectivity index (χ1v) is 14.1. The Morgan fingerprint density at radius 3 is 2.44 bits per heavy atom. The van der Waals surface area contributed by atoms with Crippen molar-refractivity contribution in [1.29, 1.82) is 0 Å². The van der Waals surface area contributed by atoms with E-state index >= 15 is 0 Å². The van der Waals surface area contributed by atoms with Crippen LogP contribution in [0.2, 0.25) is 0 Å². The van der Waals surface area contributed by atoms with Crippen LogP contribution in [0.4, 0.5) is 0 Å². The van der Waals surface area contributed by atoms with Crippen molar-refractivity contribution < 1.29 is 14.0 Å². The molecule has 6 heteroatoms. The predicted octanol–water partition coefficient (Wildman–Crippen LogP) is 7.00. The lowest BCUT2D eigenvalue weighted by Gasteiger charge is -2.41. The topological polar surface area (TPSA) is 66.1 Å². The van der Waals surface area contributed by atoms with Crippen molar-refractivity contribution in [1.82, 2.24) is 9.80 Å². The van der Waals surface area contributed by atoms with Gasteiger partial charge in [-0.1, -0.05) is 76.2 Å². The second-order valence-electron chi connectivity index (χ2n) is 10.7. The summed E-state index contributed by atoms with van der Waals surface area (Å²) in [5.74, 6) is 1.00. The summed E-state index contributed by atoms with van der Waals surface area (Å²) >= 11 is 0. The van der Waals surface area contributed by atoms with Gasteiger partial charge >= 0.3 is 0 Å². The largest absolute Gasteiger partial charge is 0.461 e. The summed E-state index contributed by atoms with van der Waals surface area (Å²) < 4.78 is 5.85. The van der Waals surface area contributed by atoms with E-state index in [9.17, 15) is 9.59 Å². The SMILES string of the molecule is CCC(C)=C(N=CC(C)C(C)c1ccccc1)C(=O)N1CCN(C(=O)c2c(C)oc3ccccc23)CC1CC. The zero-order valence-corrected chi connectivity index (χ0v) is 24.1. The van der Waals surface area contributed by atoms with E-state index in [0.29, 0.717) is 36.7 Å². The van der Waals surface area contributed by atoms with Gasteiger partial charge in [0, 0.05) is 37.3 Å². The minimum absolute atomic E-state index is 0.0368. The summed E-state index contributed by atoms with van der Waals surface area (Å²) in [6.07, 6.45) is 3.44. The lowest BCUT2D eigenvalue weighted by atomic mass is 9.90. The smallest absolute Gasteiger partial charge is 0.272 e. The van der Waals surface area contributed by atoms with Gasteiger partial charge in [-0.2, -0.15) is 0 Å². The van der Waals surface area contributed by atoms with Crippen molar-refractivity contribution in [3.8, 4) is 0 Å². The molecular weight excluding hydrogens is 486 g/mol. The van der Waals surface area contributed by atoms with Gasteiger partial charge in [0.15, 0.2) is 0 Å². The highest BCUT2D eigenvalue weighted by Gasteiger charge is 2.35. The third kappa shape index (κ3) is 6.00. The standard InChI is InChI=1S/C33H41N3O3/c1-7-22(3)31(34-20-23(4)24(5)26-14-10-9-11-15-26)33(38)36-19-18-35(21-27(36)8-2)32(37)30-25(6)39-29-17-13-12-16-28(29)30/h9-17,20,23-24,27H,7-8,18-19,21H2,1-6H3. The fourth-order valence-corrected chi connectivity index (χ4v) is 5.28. The highest BCUT2D eigenvalue weighted by molar-refractivity contribution is 6.07. The number of carbonyl (C=O) groups excluding carboxylic acids is 2. The molecule has 0 N–H and O–H groups in total. The van der Waals surface area contributed by atoms with Crippen LogP contribution in [0, 0.1) is 12.8 Å². The summed E-state index contributed by atoms with van der Waals surface area (Å²) in [6, 6.07) is 18.0. The van der Waals surface area contributed by atoms with Gasteiger partial charge in [-0.3, -0.25) is 14.6 Å². The maximum absolute atomic E-state index is 13.9. The molecule has 1 aliphatic rings. The Morgan fingerprint density at radius 2 is 1.74 bits per heavy atom. The molecule has 6 nitrogen and oxygen atoms in total. The number of hydrogen-bond donors (Lipinski definition) is 0. The van der Waals surface area contributed by atoms with Gasteiger partial charge in [-0.25, -0.2) is 0 Å². The van der Waals surface area contributed by atoms with Crippen LogP contribution in [0.3, 0.4) is 0 Å². The van der Waals surface area contributed by atoms with Crippen molar-refractivity contribution in [2.24, 2.45) is 10.9 Å². The van der Waals surface area contributed by atoms with Crippen LogP contribution >= 0.6 is 0 Å². The maximum atomic E-state index is 13.9. The van der Waals surface area contributed by atoms with Crippen molar-refractivity contribution in [3.05, 3.63) is 82.8 Å². The number of aryl methyl sites for hydroxylation is 1. The fourth-order valence-electron chi connectivity index (χ4n) is 5.28. The van der Waals surface area contributed by atoms with Gasteiger partial charge in [0.2, 0.25) is 0 Å². The van der Waals surface area contributed by atoms with Crippen LogP contribution < -0.4 is 0 Å². The molecule has 0 spiro atoms. The number of furan rings is 1. The number of benzene rings is 2. The summed E-state index contributed by atoms with van der Waals surface area (Å²) in [4.78, 5) is 36.1. The van der Waals surface area contributed by atoms with E-state index < -0.39 is 0 Å². The van der Waals surface area contributed by atoms with E-state index in [4.69, 9.17) is 9.41 Å². The normalized spacial score (nSPS) is 18.4. The second kappa shape index (κ2) is 12.5. The quantitative estimate of drug-likeness (QED) is 0.234. The molecule has 4 rings (SSSR count). The lowest BCUT2D eigenvalue weighted by Crippen LogP contribution is -2.56. The third-order valence-corrected chi connectivity index (χ3v) is 8.18. The van der Waals surface area contributed by atoms with Crippen molar-refractivity contribution in [3.63, 3.8) is 0 Å². The van der Waals surface area contributed by atoms with Gasteiger partial charge in [0.25, 0.3) is 11.8 Å². The molecule has 1 aliphatic heterocycles. The average Bonchev–Trinajstić information content (AvgIpc) is 3.31. The van der Waals surface area contributed by atoms with Gasteiger partial charge < -0.3 is 14.2 Å². The number of carbonyl (C=O) groups is 2. The molecular formula is C33H41N3O3. The van der Waals surface area contributed by atoms with Gasteiger partial charge in [0.05, 0.1) is 5.56 Å². The third-order valence-electron chi connectivity index (χ3n) is 8.18. The van der Waals surface area contributed by atoms with Crippen molar-refractivity contribution >= 4 is 29.0 Å². The van der Waals surface area contributed by atoms with E-state index in [1.165, 1.54) is 5.56 Å². The fraction of sp³-hybridized carbons (Fsp3) is 0.424. The van der Waals surface area contributed by atoms with Crippen LogP contribution in [0.15, 0.2) is 75.3 Å².